The van der Waals surface area contributed by atoms with E-state index in [-0.39, 0.29) is 0 Å². The fourth-order valence-electron chi connectivity index (χ4n) is 2.61. The molecule has 3 amide bonds. The van der Waals surface area contributed by atoms with Gasteiger partial charge >= 0.3 is 12.1 Å². The first kappa shape index (κ1) is 21.5. The lowest BCUT2D eigenvalue weighted by atomic mass is 10.1. The minimum atomic E-state index is -0.594. The van der Waals surface area contributed by atoms with Gasteiger partial charge in [-0.3, -0.25) is 5.32 Å². The zero-order valence-electron chi connectivity index (χ0n) is 16.0. The van der Waals surface area contributed by atoms with Crippen LogP contribution in [0.2, 0.25) is 10.0 Å². The van der Waals surface area contributed by atoms with Crippen molar-refractivity contribution in [2.75, 3.05) is 16.0 Å². The molecule has 0 saturated heterocycles. The third-order valence-corrected chi connectivity index (χ3v) is 4.59. The largest absolute Gasteiger partial charge is 0.441 e. The van der Waals surface area contributed by atoms with Gasteiger partial charge in [0.1, 0.15) is 6.10 Å². The summed E-state index contributed by atoms with van der Waals surface area (Å²) in [6, 6.07) is 20.1. The Balaban J connectivity index is 1.56. The highest BCUT2D eigenvalue weighted by Gasteiger charge is 2.13. The maximum atomic E-state index is 12.2. The van der Waals surface area contributed by atoms with Crippen LogP contribution in [0.5, 0.6) is 0 Å². The van der Waals surface area contributed by atoms with E-state index in [0.29, 0.717) is 27.1 Å². The zero-order chi connectivity index (χ0) is 21.5. The van der Waals surface area contributed by atoms with Crippen LogP contribution in [-0.2, 0) is 4.74 Å². The molecular weight excluding hydrogens is 425 g/mol. The van der Waals surface area contributed by atoms with Crippen molar-refractivity contribution in [3.63, 3.8) is 0 Å². The number of amides is 3. The van der Waals surface area contributed by atoms with Crippen molar-refractivity contribution in [1.29, 1.82) is 0 Å². The Labute approximate surface area is 184 Å². The summed E-state index contributed by atoms with van der Waals surface area (Å²) in [4.78, 5) is 24.3. The van der Waals surface area contributed by atoms with Gasteiger partial charge in [-0.1, -0.05) is 35.3 Å². The first-order valence-electron chi connectivity index (χ1n) is 9.06. The number of halogens is 2. The maximum Gasteiger partial charge on any atom is 0.412 e. The molecule has 0 heterocycles. The molecule has 8 heteroatoms. The van der Waals surface area contributed by atoms with Crippen LogP contribution in [0.25, 0.3) is 0 Å². The van der Waals surface area contributed by atoms with Crippen LogP contribution in [0.15, 0.2) is 72.8 Å². The highest BCUT2D eigenvalue weighted by atomic mass is 35.5. The summed E-state index contributed by atoms with van der Waals surface area (Å²) in [6.45, 7) is 1.74. The van der Waals surface area contributed by atoms with Gasteiger partial charge in [0, 0.05) is 27.1 Å². The lowest BCUT2D eigenvalue weighted by Crippen LogP contribution is -2.19. The molecule has 0 aliphatic heterocycles. The Morgan fingerprint density at radius 1 is 0.767 bits per heavy atom. The first-order chi connectivity index (χ1) is 14.4. The molecule has 0 aromatic heterocycles. The molecule has 0 aliphatic rings. The molecule has 3 aromatic rings. The molecule has 30 heavy (non-hydrogen) atoms. The molecule has 3 N–H and O–H groups in total. The summed E-state index contributed by atoms with van der Waals surface area (Å²) in [5.41, 5.74) is 2.48. The number of urea groups is 1. The normalized spacial score (nSPS) is 11.3. The van der Waals surface area contributed by atoms with E-state index in [4.69, 9.17) is 27.9 Å². The minimum absolute atomic E-state index is 0.400. The highest BCUT2D eigenvalue weighted by molar-refractivity contribution is 6.31. The fraction of sp³-hybridized carbons (Fsp3) is 0.0909. The smallest absolute Gasteiger partial charge is 0.412 e. The van der Waals surface area contributed by atoms with Crippen molar-refractivity contribution in [1.82, 2.24) is 0 Å². The van der Waals surface area contributed by atoms with E-state index in [2.05, 4.69) is 16.0 Å². The number of benzene rings is 3. The predicted molar refractivity (Wildman–Crippen MR) is 121 cm³/mol. The number of hydrogen-bond donors (Lipinski definition) is 3. The van der Waals surface area contributed by atoms with Crippen LogP contribution in [-0.4, -0.2) is 12.1 Å². The van der Waals surface area contributed by atoms with Crippen molar-refractivity contribution in [2.24, 2.45) is 0 Å². The molecule has 0 fully saturated rings. The van der Waals surface area contributed by atoms with Gasteiger partial charge in [-0.05, 0) is 73.2 Å². The van der Waals surface area contributed by atoms with Crippen LogP contribution in [0, 0.1) is 0 Å². The molecule has 6 nitrogen and oxygen atoms in total. The van der Waals surface area contributed by atoms with Gasteiger partial charge in [0.2, 0.25) is 0 Å². The summed E-state index contributed by atoms with van der Waals surface area (Å²) < 4.78 is 5.41. The van der Waals surface area contributed by atoms with E-state index in [9.17, 15) is 9.59 Å². The van der Waals surface area contributed by atoms with E-state index < -0.39 is 18.2 Å². The Morgan fingerprint density at radius 2 is 1.30 bits per heavy atom. The summed E-state index contributed by atoms with van der Waals surface area (Å²) in [6.07, 6.45) is -1.12. The van der Waals surface area contributed by atoms with Gasteiger partial charge in [-0.2, -0.15) is 0 Å². The van der Waals surface area contributed by atoms with Crippen LogP contribution < -0.4 is 16.0 Å². The van der Waals surface area contributed by atoms with Crippen molar-refractivity contribution in [3.05, 3.63) is 88.4 Å². The van der Waals surface area contributed by atoms with Gasteiger partial charge < -0.3 is 15.4 Å². The predicted octanol–water partition coefficient (Wildman–Crippen LogP) is 6.95. The minimum Gasteiger partial charge on any atom is -0.441 e. The van der Waals surface area contributed by atoms with Crippen LogP contribution in [0.1, 0.15) is 18.6 Å². The van der Waals surface area contributed by atoms with Crippen molar-refractivity contribution in [3.8, 4) is 0 Å². The second-order valence-corrected chi connectivity index (χ2v) is 7.26. The Morgan fingerprint density at radius 3 is 1.90 bits per heavy atom. The van der Waals surface area contributed by atoms with E-state index in [1.807, 2.05) is 6.07 Å². The highest BCUT2D eigenvalue weighted by Crippen LogP contribution is 2.22. The number of rotatable bonds is 5. The van der Waals surface area contributed by atoms with Gasteiger partial charge in [0.05, 0.1) is 0 Å². The lowest BCUT2D eigenvalue weighted by Gasteiger charge is -2.16. The van der Waals surface area contributed by atoms with E-state index >= 15 is 0 Å². The average molecular weight is 444 g/mol. The third kappa shape index (κ3) is 6.40. The van der Waals surface area contributed by atoms with E-state index in [1.54, 1.807) is 73.7 Å². The quantitative estimate of drug-likeness (QED) is 0.399. The monoisotopic (exact) mass is 443 g/mol. The maximum absolute atomic E-state index is 12.2. The molecule has 0 bridgehead atoms. The molecule has 0 spiro atoms. The average Bonchev–Trinajstić information content (AvgIpc) is 2.71. The molecular formula is C22H19Cl2N3O3. The summed E-state index contributed by atoms with van der Waals surface area (Å²) in [5.74, 6) is 0. The second kappa shape index (κ2) is 10.0. The number of nitrogens with one attached hydrogen (secondary N) is 3. The summed E-state index contributed by atoms with van der Waals surface area (Å²) >= 11 is 11.7. The molecule has 0 unspecified atom stereocenters. The van der Waals surface area contributed by atoms with Crippen LogP contribution in [0.3, 0.4) is 0 Å². The summed E-state index contributed by atoms with van der Waals surface area (Å²) in [5, 5.41) is 9.26. The second-order valence-electron chi connectivity index (χ2n) is 6.39. The Kier molecular flexibility index (Phi) is 7.17. The third-order valence-electron chi connectivity index (χ3n) is 4.09. The molecule has 3 rings (SSSR count). The van der Waals surface area contributed by atoms with Crippen molar-refractivity contribution >= 4 is 52.4 Å². The molecule has 0 aliphatic carbocycles. The van der Waals surface area contributed by atoms with E-state index in [1.165, 1.54) is 0 Å². The number of ether oxygens (including phenoxy) is 1. The van der Waals surface area contributed by atoms with Crippen LogP contribution in [0.4, 0.5) is 26.7 Å². The Hall–Kier alpha value is -3.22. The molecule has 0 saturated carbocycles. The van der Waals surface area contributed by atoms with Crippen molar-refractivity contribution < 1.29 is 14.3 Å². The van der Waals surface area contributed by atoms with Gasteiger partial charge in [0.15, 0.2) is 0 Å². The number of carbonyl (C=O) groups excluding carboxylic acids is 2. The SMILES string of the molecule is C[C@H](OC(=O)Nc1ccc(Cl)cc1)c1cccc(NC(=O)Nc2ccc(Cl)cc2)c1. The molecule has 154 valence electrons. The zero-order valence-corrected chi connectivity index (χ0v) is 17.5. The van der Waals surface area contributed by atoms with E-state index in [0.717, 1.165) is 5.56 Å². The van der Waals surface area contributed by atoms with Gasteiger partial charge in [-0.15, -0.1) is 0 Å². The van der Waals surface area contributed by atoms with Crippen LogP contribution >= 0.6 is 23.2 Å². The first-order valence-corrected chi connectivity index (χ1v) is 9.81. The van der Waals surface area contributed by atoms with Crippen molar-refractivity contribution in [2.45, 2.75) is 13.0 Å². The number of carbonyl (C=O) groups is 2. The molecule has 0 radical (unpaired) electrons. The summed E-state index contributed by atoms with van der Waals surface area (Å²) in [7, 11) is 0. The molecule has 1 atom stereocenters. The fourth-order valence-corrected chi connectivity index (χ4v) is 2.86. The standard InChI is InChI=1S/C22H19Cl2N3O3/c1-14(30-22(29)27-19-11-7-17(24)8-12-19)15-3-2-4-20(13-15)26-21(28)25-18-9-5-16(23)6-10-18/h2-14H,1H3,(H,27,29)(H2,25,26,28)/t14-/m0/s1. The Bertz CT molecular complexity index is 1020. The van der Waals surface area contributed by atoms with Gasteiger partial charge in [0.25, 0.3) is 0 Å². The van der Waals surface area contributed by atoms with Gasteiger partial charge in [-0.25, -0.2) is 9.59 Å². The lowest BCUT2D eigenvalue weighted by molar-refractivity contribution is 0.121. The number of anilines is 3. The molecule has 3 aromatic carbocycles. The topological polar surface area (TPSA) is 79.5 Å². The number of hydrogen-bond acceptors (Lipinski definition) is 3.